The van der Waals surface area contributed by atoms with Crippen molar-refractivity contribution in [3.8, 4) is 22.3 Å². The molecule has 0 amide bonds. The Balaban J connectivity index is 1.43. The van der Waals surface area contributed by atoms with Crippen molar-refractivity contribution in [2.45, 2.75) is 38.9 Å². The van der Waals surface area contributed by atoms with Crippen LogP contribution in [-0.4, -0.2) is 18.3 Å². The minimum atomic E-state index is -0.470. The fraction of sp³-hybridized carbons (Fsp3) is 0.150. The molecule has 7 aromatic carbocycles. The summed E-state index contributed by atoms with van der Waals surface area (Å²) in [6.07, 6.45) is 0. The van der Waals surface area contributed by atoms with Gasteiger partial charge in [-0.05, 0) is 117 Å². The molecular formula is C40H33BO2. The van der Waals surface area contributed by atoms with E-state index in [2.05, 4.69) is 155 Å². The molecule has 1 aliphatic heterocycles. The van der Waals surface area contributed by atoms with E-state index in [0.29, 0.717) is 0 Å². The SMILES string of the molecule is CC1(C)OB(c2cc(-c3cc4ccccc4c4ccccc34)cc(-c3cc4ccccc4c4ccccc34)c2)OC1(C)C. The molecule has 0 N–H and O–H groups in total. The number of hydrogen-bond donors (Lipinski definition) is 0. The first-order chi connectivity index (χ1) is 20.8. The average Bonchev–Trinajstić information content (AvgIpc) is 3.26. The van der Waals surface area contributed by atoms with Crippen LogP contribution in [0.15, 0.2) is 127 Å². The average molecular weight is 557 g/mol. The highest BCUT2D eigenvalue weighted by atomic mass is 16.7. The zero-order chi connectivity index (χ0) is 29.3. The van der Waals surface area contributed by atoms with E-state index in [1.54, 1.807) is 0 Å². The topological polar surface area (TPSA) is 18.5 Å². The smallest absolute Gasteiger partial charge is 0.399 e. The minimum Gasteiger partial charge on any atom is -0.399 e. The Labute approximate surface area is 253 Å². The molecule has 0 aliphatic carbocycles. The Morgan fingerprint density at radius 2 is 0.791 bits per heavy atom. The van der Waals surface area contributed by atoms with Gasteiger partial charge in [0.1, 0.15) is 0 Å². The van der Waals surface area contributed by atoms with E-state index in [1.165, 1.54) is 54.2 Å². The molecule has 1 heterocycles. The Kier molecular flexibility index (Phi) is 5.81. The van der Waals surface area contributed by atoms with Crippen molar-refractivity contribution >= 4 is 55.7 Å². The maximum Gasteiger partial charge on any atom is 0.494 e. The molecule has 43 heavy (non-hydrogen) atoms. The van der Waals surface area contributed by atoms with E-state index in [0.717, 1.165) is 16.6 Å². The van der Waals surface area contributed by atoms with E-state index in [4.69, 9.17) is 9.31 Å². The van der Waals surface area contributed by atoms with Crippen LogP contribution in [0.25, 0.3) is 65.3 Å². The Morgan fingerprint density at radius 3 is 1.23 bits per heavy atom. The quantitative estimate of drug-likeness (QED) is 0.159. The summed E-state index contributed by atoms with van der Waals surface area (Å²) in [5.41, 5.74) is 4.89. The van der Waals surface area contributed by atoms with Crippen molar-refractivity contribution in [1.29, 1.82) is 0 Å². The van der Waals surface area contributed by atoms with Crippen LogP contribution in [0.4, 0.5) is 0 Å². The zero-order valence-electron chi connectivity index (χ0n) is 25.0. The van der Waals surface area contributed by atoms with Gasteiger partial charge in [-0.1, -0.05) is 109 Å². The van der Waals surface area contributed by atoms with Gasteiger partial charge in [0.05, 0.1) is 11.2 Å². The molecule has 0 spiro atoms. The molecule has 2 nitrogen and oxygen atoms in total. The predicted molar refractivity (Wildman–Crippen MR) is 183 cm³/mol. The highest BCUT2D eigenvalue weighted by Gasteiger charge is 2.51. The summed E-state index contributed by atoms with van der Waals surface area (Å²) in [7, 11) is -0.470. The lowest BCUT2D eigenvalue weighted by Crippen LogP contribution is -2.41. The summed E-state index contributed by atoms with van der Waals surface area (Å²) in [4.78, 5) is 0. The summed E-state index contributed by atoms with van der Waals surface area (Å²) in [5.74, 6) is 0. The molecule has 0 unspecified atom stereocenters. The Morgan fingerprint density at radius 1 is 0.419 bits per heavy atom. The first kappa shape index (κ1) is 26.2. The lowest BCUT2D eigenvalue weighted by Gasteiger charge is -2.32. The largest absolute Gasteiger partial charge is 0.494 e. The number of hydrogen-bond acceptors (Lipinski definition) is 2. The fourth-order valence-corrected chi connectivity index (χ4v) is 6.66. The molecule has 8 rings (SSSR count). The second-order valence-corrected chi connectivity index (χ2v) is 12.8. The van der Waals surface area contributed by atoms with Gasteiger partial charge in [-0.3, -0.25) is 0 Å². The minimum absolute atomic E-state index is 0.431. The van der Waals surface area contributed by atoms with Gasteiger partial charge in [0.15, 0.2) is 0 Å². The maximum absolute atomic E-state index is 6.63. The highest BCUT2D eigenvalue weighted by Crippen LogP contribution is 2.41. The summed E-state index contributed by atoms with van der Waals surface area (Å²) in [6.45, 7) is 8.47. The molecule has 0 radical (unpaired) electrons. The first-order valence-electron chi connectivity index (χ1n) is 15.1. The van der Waals surface area contributed by atoms with E-state index < -0.39 is 18.3 Å². The van der Waals surface area contributed by atoms with Crippen molar-refractivity contribution in [3.05, 3.63) is 127 Å². The molecule has 1 fully saturated rings. The molecule has 1 saturated heterocycles. The molecule has 3 heteroatoms. The third-order valence-electron chi connectivity index (χ3n) is 9.64. The van der Waals surface area contributed by atoms with Gasteiger partial charge in [0, 0.05) is 0 Å². The molecule has 0 atom stereocenters. The highest BCUT2D eigenvalue weighted by molar-refractivity contribution is 6.62. The van der Waals surface area contributed by atoms with Gasteiger partial charge < -0.3 is 9.31 Å². The normalized spacial score (nSPS) is 16.0. The molecule has 1 aliphatic rings. The summed E-state index contributed by atoms with van der Waals surface area (Å²) >= 11 is 0. The van der Waals surface area contributed by atoms with Crippen LogP contribution >= 0.6 is 0 Å². The zero-order valence-corrected chi connectivity index (χ0v) is 25.0. The number of rotatable bonds is 3. The predicted octanol–water partition coefficient (Wildman–Crippen LogP) is 9.93. The van der Waals surface area contributed by atoms with Crippen LogP contribution in [-0.2, 0) is 9.31 Å². The Hall–Kier alpha value is -4.44. The van der Waals surface area contributed by atoms with Gasteiger partial charge in [-0.15, -0.1) is 0 Å². The van der Waals surface area contributed by atoms with E-state index in [-0.39, 0.29) is 0 Å². The van der Waals surface area contributed by atoms with Gasteiger partial charge in [0.2, 0.25) is 0 Å². The standard InChI is InChI=1S/C40H33BO2/c1-39(2)40(3,4)43-41(42-39)30-22-28(37-24-26-13-5-7-15-31(26)33-17-9-11-19-35(33)37)21-29(23-30)38-25-27-14-6-8-16-32(27)34-18-10-12-20-36(34)38/h5-25H,1-4H3. The van der Waals surface area contributed by atoms with Crippen LogP contribution in [0.3, 0.4) is 0 Å². The van der Waals surface area contributed by atoms with Crippen LogP contribution < -0.4 is 5.46 Å². The van der Waals surface area contributed by atoms with Crippen LogP contribution in [0, 0.1) is 0 Å². The second-order valence-electron chi connectivity index (χ2n) is 12.8. The lowest BCUT2D eigenvalue weighted by atomic mass is 9.75. The maximum atomic E-state index is 6.63. The third kappa shape index (κ3) is 4.18. The van der Waals surface area contributed by atoms with E-state index in [9.17, 15) is 0 Å². The summed E-state index contributed by atoms with van der Waals surface area (Å²) < 4.78 is 13.3. The number of benzene rings is 7. The first-order valence-corrected chi connectivity index (χ1v) is 15.1. The van der Waals surface area contributed by atoms with Crippen molar-refractivity contribution < 1.29 is 9.31 Å². The summed E-state index contributed by atoms with van der Waals surface area (Å²) in [5, 5.41) is 9.99. The fourth-order valence-electron chi connectivity index (χ4n) is 6.66. The molecular weight excluding hydrogens is 523 g/mol. The Bertz CT molecular complexity index is 2060. The lowest BCUT2D eigenvalue weighted by molar-refractivity contribution is 0.00578. The van der Waals surface area contributed by atoms with Gasteiger partial charge in [0.25, 0.3) is 0 Å². The van der Waals surface area contributed by atoms with Crippen molar-refractivity contribution in [2.75, 3.05) is 0 Å². The second kappa shape index (κ2) is 9.54. The van der Waals surface area contributed by atoms with Crippen molar-refractivity contribution in [1.82, 2.24) is 0 Å². The van der Waals surface area contributed by atoms with Gasteiger partial charge in [-0.2, -0.15) is 0 Å². The molecule has 0 aromatic heterocycles. The number of fused-ring (bicyclic) bond motifs is 6. The molecule has 7 aromatic rings. The summed E-state index contributed by atoms with van der Waals surface area (Å²) in [6, 6.07) is 46.4. The van der Waals surface area contributed by atoms with Crippen molar-refractivity contribution in [3.63, 3.8) is 0 Å². The molecule has 0 saturated carbocycles. The van der Waals surface area contributed by atoms with Gasteiger partial charge >= 0.3 is 7.12 Å². The van der Waals surface area contributed by atoms with Crippen LogP contribution in [0.2, 0.25) is 0 Å². The van der Waals surface area contributed by atoms with E-state index in [1.807, 2.05) is 0 Å². The molecule has 0 bridgehead atoms. The molecule has 208 valence electrons. The van der Waals surface area contributed by atoms with Crippen LogP contribution in [0.5, 0.6) is 0 Å². The van der Waals surface area contributed by atoms with Gasteiger partial charge in [-0.25, -0.2) is 0 Å². The third-order valence-corrected chi connectivity index (χ3v) is 9.64. The van der Waals surface area contributed by atoms with Crippen molar-refractivity contribution in [2.24, 2.45) is 0 Å². The van der Waals surface area contributed by atoms with E-state index >= 15 is 0 Å². The van der Waals surface area contributed by atoms with Crippen LogP contribution in [0.1, 0.15) is 27.7 Å². The monoisotopic (exact) mass is 556 g/mol.